The predicted octanol–water partition coefficient (Wildman–Crippen LogP) is 2.27. The highest BCUT2D eigenvalue weighted by Gasteiger charge is 2.38. The third-order valence-corrected chi connectivity index (χ3v) is 2.64. The van der Waals surface area contributed by atoms with Gasteiger partial charge in [-0.3, -0.25) is 4.79 Å². The molecule has 1 aromatic rings. The molecule has 0 unspecified atom stereocenters. The van der Waals surface area contributed by atoms with Crippen molar-refractivity contribution in [2.45, 2.75) is 33.4 Å². The monoisotopic (exact) mass is 232 g/mol. The van der Waals surface area contributed by atoms with E-state index in [1.54, 1.807) is 0 Å². The van der Waals surface area contributed by atoms with Gasteiger partial charge < -0.3 is 4.74 Å². The summed E-state index contributed by atoms with van der Waals surface area (Å²) >= 11 is 0. The molecule has 2 rings (SSSR count). The molecule has 1 amide bonds. The van der Waals surface area contributed by atoms with Crippen molar-refractivity contribution in [3.05, 3.63) is 35.4 Å². The highest BCUT2D eigenvalue weighted by Crippen LogP contribution is 2.26. The molecule has 0 fully saturated rings. The first kappa shape index (κ1) is 11.6. The number of hydrazone groups is 1. The Balaban J connectivity index is 2.33. The van der Waals surface area contributed by atoms with Crippen LogP contribution in [0.4, 0.5) is 0 Å². The van der Waals surface area contributed by atoms with Gasteiger partial charge in [-0.25, -0.2) is 0 Å². The first-order valence-corrected chi connectivity index (χ1v) is 5.55. The number of nitrogens with zero attached hydrogens (tertiary/aromatic N) is 2. The van der Waals surface area contributed by atoms with Gasteiger partial charge in [0.1, 0.15) is 0 Å². The molecule has 0 aromatic heterocycles. The number of amides is 1. The highest BCUT2D eigenvalue weighted by atomic mass is 16.5. The number of benzene rings is 1. The van der Waals surface area contributed by atoms with E-state index < -0.39 is 5.72 Å². The Hall–Kier alpha value is -1.84. The van der Waals surface area contributed by atoms with Gasteiger partial charge in [-0.1, -0.05) is 17.7 Å². The molecule has 0 saturated carbocycles. The first-order chi connectivity index (χ1) is 7.90. The van der Waals surface area contributed by atoms with Crippen LogP contribution in [0.25, 0.3) is 0 Å². The lowest BCUT2D eigenvalue weighted by atomic mass is 10.1. The van der Waals surface area contributed by atoms with Crippen molar-refractivity contribution in [1.29, 1.82) is 0 Å². The zero-order valence-corrected chi connectivity index (χ0v) is 10.5. The molecule has 0 radical (unpaired) electrons. The van der Waals surface area contributed by atoms with Gasteiger partial charge in [-0.05, 0) is 32.9 Å². The van der Waals surface area contributed by atoms with Crippen LogP contribution >= 0.6 is 0 Å². The second-order valence-electron chi connectivity index (χ2n) is 4.65. The molecule has 0 N–H and O–H groups in total. The predicted molar refractivity (Wildman–Crippen MR) is 65.4 cm³/mol. The van der Waals surface area contributed by atoms with Gasteiger partial charge in [0.05, 0.1) is 0 Å². The van der Waals surface area contributed by atoms with Crippen molar-refractivity contribution < 1.29 is 9.53 Å². The number of ether oxygens (including phenoxy) is 1. The van der Waals surface area contributed by atoms with E-state index in [2.05, 4.69) is 5.10 Å². The fraction of sp³-hybridized carbons (Fsp3) is 0.385. The molecule has 0 atom stereocenters. The van der Waals surface area contributed by atoms with E-state index in [-0.39, 0.29) is 5.91 Å². The fourth-order valence-corrected chi connectivity index (χ4v) is 1.77. The van der Waals surface area contributed by atoms with Gasteiger partial charge in [0.2, 0.25) is 17.5 Å². The fourth-order valence-electron chi connectivity index (χ4n) is 1.77. The van der Waals surface area contributed by atoms with E-state index in [1.807, 2.05) is 45.0 Å². The third-order valence-electron chi connectivity index (χ3n) is 2.64. The average molecular weight is 232 g/mol. The second-order valence-corrected chi connectivity index (χ2v) is 4.65. The Kier molecular flexibility index (Phi) is 2.65. The largest absolute Gasteiger partial charge is 0.448 e. The van der Waals surface area contributed by atoms with Crippen LogP contribution in [0.5, 0.6) is 0 Å². The third kappa shape index (κ3) is 2.16. The number of hydrogen-bond acceptors (Lipinski definition) is 3. The van der Waals surface area contributed by atoms with E-state index in [0.29, 0.717) is 5.90 Å². The number of hydrogen-bond donors (Lipinski definition) is 0. The van der Waals surface area contributed by atoms with Crippen LogP contribution in [0.1, 0.15) is 31.9 Å². The normalized spacial score (nSPS) is 17.6. The van der Waals surface area contributed by atoms with E-state index in [4.69, 9.17) is 4.74 Å². The van der Waals surface area contributed by atoms with Gasteiger partial charge in [-0.15, -0.1) is 5.10 Å². The van der Waals surface area contributed by atoms with Crippen molar-refractivity contribution in [3.63, 3.8) is 0 Å². The molecule has 1 aromatic carbocycles. The van der Waals surface area contributed by atoms with E-state index >= 15 is 0 Å². The first-order valence-electron chi connectivity index (χ1n) is 5.55. The number of carbonyl (C=O) groups excluding carboxylic acids is 1. The quantitative estimate of drug-likeness (QED) is 0.745. The Bertz CT molecular complexity index is 475. The van der Waals surface area contributed by atoms with Crippen molar-refractivity contribution >= 4 is 11.8 Å². The summed E-state index contributed by atoms with van der Waals surface area (Å²) in [6, 6.07) is 7.86. The maximum absolute atomic E-state index is 11.4. The summed E-state index contributed by atoms with van der Waals surface area (Å²) in [5, 5.41) is 5.58. The van der Waals surface area contributed by atoms with E-state index in [0.717, 1.165) is 5.56 Å². The van der Waals surface area contributed by atoms with Crippen LogP contribution in [-0.4, -0.2) is 22.5 Å². The minimum Gasteiger partial charge on any atom is -0.448 e. The number of aryl methyl sites for hydroxylation is 1. The molecule has 4 heteroatoms. The van der Waals surface area contributed by atoms with Crippen molar-refractivity contribution in [2.75, 3.05) is 0 Å². The lowest BCUT2D eigenvalue weighted by Gasteiger charge is -2.25. The molecule has 0 bridgehead atoms. The lowest BCUT2D eigenvalue weighted by Crippen LogP contribution is -2.41. The van der Waals surface area contributed by atoms with Crippen LogP contribution in [0.3, 0.4) is 0 Å². The zero-order chi connectivity index (χ0) is 12.6. The molecular weight excluding hydrogens is 216 g/mol. The molecule has 4 nitrogen and oxygen atoms in total. The molecule has 0 spiro atoms. The number of rotatable bonds is 1. The molecule has 0 aliphatic carbocycles. The summed E-state index contributed by atoms with van der Waals surface area (Å²) in [5.41, 5.74) is 1.34. The summed E-state index contributed by atoms with van der Waals surface area (Å²) in [6.07, 6.45) is 0. The minimum absolute atomic E-state index is 0.128. The topological polar surface area (TPSA) is 41.9 Å². The van der Waals surface area contributed by atoms with E-state index in [1.165, 1.54) is 17.5 Å². The van der Waals surface area contributed by atoms with Gasteiger partial charge in [0, 0.05) is 12.5 Å². The van der Waals surface area contributed by atoms with Crippen molar-refractivity contribution in [3.8, 4) is 0 Å². The molecule has 1 heterocycles. The van der Waals surface area contributed by atoms with Gasteiger partial charge in [-0.2, -0.15) is 5.01 Å². The summed E-state index contributed by atoms with van der Waals surface area (Å²) < 4.78 is 5.70. The van der Waals surface area contributed by atoms with Crippen LogP contribution in [0, 0.1) is 6.92 Å². The van der Waals surface area contributed by atoms with Crippen molar-refractivity contribution in [1.82, 2.24) is 5.01 Å². The van der Waals surface area contributed by atoms with Gasteiger partial charge in [0.15, 0.2) is 0 Å². The Morgan fingerprint density at radius 2 is 1.88 bits per heavy atom. The summed E-state index contributed by atoms with van der Waals surface area (Å²) in [6.45, 7) is 7.14. The van der Waals surface area contributed by atoms with Crippen LogP contribution in [0.15, 0.2) is 29.4 Å². The van der Waals surface area contributed by atoms with Gasteiger partial charge >= 0.3 is 0 Å². The molecule has 1 aliphatic rings. The standard InChI is InChI=1S/C13H16N2O2/c1-9-5-7-11(8-6-9)12-14-15(10(2)16)13(3,4)17-12/h5-8H,1-4H3. The smallest absolute Gasteiger partial charge is 0.243 e. The Labute approximate surface area is 101 Å². The number of carbonyl (C=O) groups is 1. The molecule has 0 saturated heterocycles. The van der Waals surface area contributed by atoms with Crippen LogP contribution < -0.4 is 0 Å². The van der Waals surface area contributed by atoms with E-state index in [9.17, 15) is 4.79 Å². The summed E-state index contributed by atoms with van der Waals surface area (Å²) in [5.74, 6) is 0.363. The minimum atomic E-state index is -0.716. The summed E-state index contributed by atoms with van der Waals surface area (Å²) in [7, 11) is 0. The summed E-state index contributed by atoms with van der Waals surface area (Å²) in [4.78, 5) is 11.4. The maximum atomic E-state index is 11.4. The van der Waals surface area contributed by atoms with Crippen molar-refractivity contribution in [2.24, 2.45) is 5.10 Å². The Morgan fingerprint density at radius 3 is 2.35 bits per heavy atom. The SMILES string of the molecule is CC(=O)N1N=C(c2ccc(C)cc2)OC1(C)C. The Morgan fingerprint density at radius 1 is 1.29 bits per heavy atom. The molecular formula is C13H16N2O2. The zero-order valence-electron chi connectivity index (χ0n) is 10.5. The second kappa shape index (κ2) is 3.87. The lowest BCUT2D eigenvalue weighted by molar-refractivity contribution is -0.142. The molecule has 1 aliphatic heterocycles. The highest BCUT2D eigenvalue weighted by molar-refractivity contribution is 5.96. The average Bonchev–Trinajstić information content (AvgIpc) is 2.55. The van der Waals surface area contributed by atoms with Crippen LogP contribution in [-0.2, 0) is 9.53 Å². The molecule has 17 heavy (non-hydrogen) atoms. The molecule has 90 valence electrons. The van der Waals surface area contributed by atoms with Crippen LogP contribution in [0.2, 0.25) is 0 Å². The maximum Gasteiger partial charge on any atom is 0.243 e. The van der Waals surface area contributed by atoms with Gasteiger partial charge in [0.25, 0.3) is 0 Å².